The monoisotopic (exact) mass is 252 g/mol. The van der Waals surface area contributed by atoms with Gasteiger partial charge in [0, 0.05) is 6.54 Å². The number of nitrogens with zero attached hydrogens (tertiary/aromatic N) is 1. The standard InChI is InChI=1S/C13H20N2O3/c1-3-15(4-2)8-9-18-12-10(13(16)17)6-5-7-11(12)14/h5-7H,3-4,8-9,14H2,1-2H3,(H,16,17). The highest BCUT2D eigenvalue weighted by atomic mass is 16.5. The molecule has 1 aromatic rings. The first-order valence-electron chi connectivity index (χ1n) is 6.07. The van der Waals surface area contributed by atoms with Gasteiger partial charge in [0.1, 0.15) is 12.2 Å². The van der Waals surface area contributed by atoms with Crippen molar-refractivity contribution < 1.29 is 14.6 Å². The quantitative estimate of drug-likeness (QED) is 0.722. The van der Waals surface area contributed by atoms with Crippen LogP contribution in [0.15, 0.2) is 18.2 Å². The Kier molecular flexibility index (Phi) is 5.45. The molecule has 0 aromatic heterocycles. The molecule has 0 atom stereocenters. The molecule has 0 unspecified atom stereocenters. The number of carboxylic acids is 1. The molecule has 0 aliphatic carbocycles. The molecule has 1 aromatic carbocycles. The number of anilines is 1. The van der Waals surface area contributed by atoms with Crippen molar-refractivity contribution in [1.29, 1.82) is 0 Å². The summed E-state index contributed by atoms with van der Waals surface area (Å²) in [6, 6.07) is 4.74. The minimum absolute atomic E-state index is 0.106. The Balaban J connectivity index is 2.69. The zero-order chi connectivity index (χ0) is 13.5. The maximum absolute atomic E-state index is 11.0. The molecular weight excluding hydrogens is 232 g/mol. The summed E-state index contributed by atoms with van der Waals surface area (Å²) in [5.74, 6) is -0.766. The van der Waals surface area contributed by atoms with Crippen molar-refractivity contribution in [3.05, 3.63) is 23.8 Å². The van der Waals surface area contributed by atoms with Crippen molar-refractivity contribution in [2.24, 2.45) is 0 Å². The fourth-order valence-electron chi connectivity index (χ4n) is 1.70. The third kappa shape index (κ3) is 3.63. The number of nitrogens with two attached hydrogens (primary N) is 1. The molecule has 5 nitrogen and oxygen atoms in total. The van der Waals surface area contributed by atoms with Crippen molar-refractivity contribution in [2.45, 2.75) is 13.8 Å². The molecule has 0 fully saturated rings. The zero-order valence-corrected chi connectivity index (χ0v) is 10.8. The van der Waals surface area contributed by atoms with E-state index >= 15 is 0 Å². The SMILES string of the molecule is CCN(CC)CCOc1c(N)cccc1C(=O)O. The number of carboxylic acid groups (broad SMARTS) is 1. The van der Waals surface area contributed by atoms with Crippen molar-refractivity contribution >= 4 is 11.7 Å². The number of hydrogen-bond donors (Lipinski definition) is 2. The lowest BCUT2D eigenvalue weighted by molar-refractivity contribution is 0.0691. The number of likely N-dealkylation sites (N-methyl/N-ethyl adjacent to an activating group) is 1. The normalized spacial score (nSPS) is 10.6. The molecule has 1 rings (SSSR count). The second-order valence-electron chi connectivity index (χ2n) is 3.90. The van der Waals surface area contributed by atoms with E-state index in [4.69, 9.17) is 15.6 Å². The number of para-hydroxylation sites is 1. The van der Waals surface area contributed by atoms with Crippen LogP contribution in [0.4, 0.5) is 5.69 Å². The molecule has 0 saturated carbocycles. The maximum Gasteiger partial charge on any atom is 0.339 e. The van der Waals surface area contributed by atoms with Gasteiger partial charge in [-0.3, -0.25) is 0 Å². The number of rotatable bonds is 7. The zero-order valence-electron chi connectivity index (χ0n) is 10.8. The van der Waals surface area contributed by atoms with Crippen molar-refractivity contribution in [3.63, 3.8) is 0 Å². The minimum Gasteiger partial charge on any atom is -0.489 e. The Morgan fingerprint density at radius 2 is 2.06 bits per heavy atom. The van der Waals surface area contributed by atoms with Gasteiger partial charge in [0.25, 0.3) is 0 Å². The largest absolute Gasteiger partial charge is 0.489 e. The van der Waals surface area contributed by atoms with Crippen LogP contribution in [-0.4, -0.2) is 42.2 Å². The molecule has 0 bridgehead atoms. The van der Waals surface area contributed by atoms with Gasteiger partial charge in [-0.25, -0.2) is 4.79 Å². The number of aromatic carboxylic acids is 1. The second kappa shape index (κ2) is 6.86. The summed E-state index contributed by atoms with van der Waals surface area (Å²) in [5, 5.41) is 9.04. The second-order valence-corrected chi connectivity index (χ2v) is 3.90. The molecule has 0 spiro atoms. The first-order valence-corrected chi connectivity index (χ1v) is 6.07. The number of carbonyl (C=O) groups is 1. The summed E-state index contributed by atoms with van der Waals surface area (Å²) in [6.07, 6.45) is 0. The lowest BCUT2D eigenvalue weighted by Crippen LogP contribution is -2.28. The molecule has 0 heterocycles. The number of nitrogen functional groups attached to an aromatic ring is 1. The number of ether oxygens (including phenoxy) is 1. The van der Waals surface area contributed by atoms with Gasteiger partial charge in [-0.2, -0.15) is 0 Å². The van der Waals surface area contributed by atoms with Gasteiger partial charge in [-0.1, -0.05) is 19.9 Å². The molecule has 0 amide bonds. The topological polar surface area (TPSA) is 75.8 Å². The predicted molar refractivity (Wildman–Crippen MR) is 71.1 cm³/mol. The van der Waals surface area contributed by atoms with E-state index in [1.54, 1.807) is 12.1 Å². The van der Waals surface area contributed by atoms with E-state index in [1.165, 1.54) is 6.07 Å². The summed E-state index contributed by atoms with van der Waals surface area (Å²) in [7, 11) is 0. The fourth-order valence-corrected chi connectivity index (χ4v) is 1.70. The Morgan fingerprint density at radius 1 is 1.39 bits per heavy atom. The lowest BCUT2D eigenvalue weighted by Gasteiger charge is -2.19. The van der Waals surface area contributed by atoms with Gasteiger partial charge in [0.15, 0.2) is 5.75 Å². The molecule has 3 N–H and O–H groups in total. The Bertz CT molecular complexity index is 403. The van der Waals surface area contributed by atoms with Gasteiger partial charge in [-0.15, -0.1) is 0 Å². The molecule has 0 radical (unpaired) electrons. The van der Waals surface area contributed by atoms with Crippen LogP contribution in [0.5, 0.6) is 5.75 Å². The van der Waals surface area contributed by atoms with E-state index in [9.17, 15) is 4.79 Å². The van der Waals surface area contributed by atoms with Gasteiger partial charge in [0.2, 0.25) is 0 Å². The number of hydrogen-bond acceptors (Lipinski definition) is 4. The highest BCUT2D eigenvalue weighted by Gasteiger charge is 2.14. The highest BCUT2D eigenvalue weighted by Crippen LogP contribution is 2.26. The minimum atomic E-state index is -1.03. The van der Waals surface area contributed by atoms with E-state index in [1.807, 2.05) is 0 Å². The molecule has 100 valence electrons. The first kappa shape index (κ1) is 14.3. The summed E-state index contributed by atoms with van der Waals surface area (Å²) in [4.78, 5) is 13.2. The fraction of sp³-hybridized carbons (Fsp3) is 0.462. The van der Waals surface area contributed by atoms with Gasteiger partial charge >= 0.3 is 5.97 Å². The molecule has 0 aliphatic rings. The van der Waals surface area contributed by atoms with E-state index < -0.39 is 5.97 Å². The van der Waals surface area contributed by atoms with Crippen LogP contribution < -0.4 is 10.5 Å². The van der Waals surface area contributed by atoms with E-state index in [0.29, 0.717) is 12.3 Å². The molecule has 0 saturated heterocycles. The lowest BCUT2D eigenvalue weighted by atomic mass is 10.2. The number of benzene rings is 1. The molecule has 18 heavy (non-hydrogen) atoms. The van der Waals surface area contributed by atoms with Crippen LogP contribution in [0.3, 0.4) is 0 Å². The van der Waals surface area contributed by atoms with Gasteiger partial charge in [0.05, 0.1) is 5.69 Å². The van der Waals surface area contributed by atoms with Crippen LogP contribution in [0.25, 0.3) is 0 Å². The molecule has 5 heteroatoms. The Labute approximate surface area is 107 Å². The van der Waals surface area contributed by atoms with Gasteiger partial charge in [-0.05, 0) is 25.2 Å². The predicted octanol–water partition coefficient (Wildman–Crippen LogP) is 1.69. The molecule has 0 aliphatic heterocycles. The van der Waals surface area contributed by atoms with E-state index in [2.05, 4.69) is 18.7 Å². The van der Waals surface area contributed by atoms with Crippen LogP contribution in [0, 0.1) is 0 Å². The van der Waals surface area contributed by atoms with E-state index in [-0.39, 0.29) is 11.3 Å². The summed E-state index contributed by atoms with van der Waals surface area (Å²) in [6.45, 7) is 7.20. The summed E-state index contributed by atoms with van der Waals surface area (Å²) < 4.78 is 5.52. The van der Waals surface area contributed by atoms with Crippen molar-refractivity contribution in [3.8, 4) is 5.75 Å². The van der Waals surface area contributed by atoms with Crippen LogP contribution in [-0.2, 0) is 0 Å². The van der Waals surface area contributed by atoms with Crippen molar-refractivity contribution in [2.75, 3.05) is 32.0 Å². The highest BCUT2D eigenvalue weighted by molar-refractivity contribution is 5.93. The smallest absolute Gasteiger partial charge is 0.339 e. The third-order valence-electron chi connectivity index (χ3n) is 2.82. The average Bonchev–Trinajstić information content (AvgIpc) is 2.36. The summed E-state index contributed by atoms with van der Waals surface area (Å²) >= 11 is 0. The average molecular weight is 252 g/mol. The van der Waals surface area contributed by atoms with Crippen LogP contribution in [0.1, 0.15) is 24.2 Å². The van der Waals surface area contributed by atoms with Gasteiger partial charge < -0.3 is 20.5 Å². The van der Waals surface area contributed by atoms with Crippen LogP contribution >= 0.6 is 0 Å². The Morgan fingerprint density at radius 3 is 2.61 bits per heavy atom. The Hall–Kier alpha value is -1.75. The first-order chi connectivity index (χ1) is 8.60. The van der Waals surface area contributed by atoms with E-state index in [0.717, 1.165) is 19.6 Å². The third-order valence-corrected chi connectivity index (χ3v) is 2.82. The van der Waals surface area contributed by atoms with Crippen molar-refractivity contribution in [1.82, 2.24) is 4.90 Å². The maximum atomic E-state index is 11.0. The summed E-state index contributed by atoms with van der Waals surface area (Å²) in [5.41, 5.74) is 6.20. The molecular formula is C13H20N2O3. The van der Waals surface area contributed by atoms with Crippen LogP contribution in [0.2, 0.25) is 0 Å².